The van der Waals surface area contributed by atoms with Gasteiger partial charge in [-0.2, -0.15) is 11.8 Å². The summed E-state index contributed by atoms with van der Waals surface area (Å²) in [5.41, 5.74) is 1.18. The largest absolute Gasteiger partial charge is 0.506 e. The average molecular weight is 409 g/mol. The molecule has 0 amide bonds. The lowest BCUT2D eigenvalue weighted by Crippen LogP contribution is -2.26. The highest BCUT2D eigenvalue weighted by Crippen LogP contribution is 2.34. The van der Waals surface area contributed by atoms with Crippen molar-refractivity contribution in [1.29, 1.82) is 0 Å². The maximum absolute atomic E-state index is 9.69. The van der Waals surface area contributed by atoms with Crippen LogP contribution in [0.2, 0.25) is 0 Å². The number of phenols is 1. The van der Waals surface area contributed by atoms with Crippen LogP contribution in [0, 0.1) is 0 Å². The second kappa shape index (κ2) is 7.34. The van der Waals surface area contributed by atoms with E-state index < -0.39 is 0 Å². The SMILES string of the molecule is CCSC1CCC(NCc2cc(Br)c(O)c(Br)c2)C1. The lowest BCUT2D eigenvalue weighted by molar-refractivity contribution is 0.467. The van der Waals surface area contributed by atoms with E-state index in [1.807, 2.05) is 12.1 Å². The van der Waals surface area contributed by atoms with Crippen LogP contribution in [-0.2, 0) is 6.54 Å². The molecule has 0 bridgehead atoms. The van der Waals surface area contributed by atoms with Gasteiger partial charge in [0.05, 0.1) is 8.95 Å². The summed E-state index contributed by atoms with van der Waals surface area (Å²) in [5.74, 6) is 1.49. The third kappa shape index (κ3) is 4.38. The second-order valence-electron chi connectivity index (χ2n) is 4.88. The number of hydrogen-bond donors (Lipinski definition) is 2. The Hall–Kier alpha value is 0.290. The van der Waals surface area contributed by atoms with Crippen LogP contribution < -0.4 is 5.32 Å². The molecule has 0 radical (unpaired) electrons. The number of thioether (sulfide) groups is 1. The highest BCUT2D eigenvalue weighted by atomic mass is 79.9. The lowest BCUT2D eigenvalue weighted by Gasteiger charge is -2.14. The molecule has 2 atom stereocenters. The topological polar surface area (TPSA) is 32.3 Å². The zero-order chi connectivity index (χ0) is 13.8. The summed E-state index contributed by atoms with van der Waals surface area (Å²) in [5, 5.41) is 14.1. The lowest BCUT2D eigenvalue weighted by atomic mass is 10.2. The molecule has 0 spiro atoms. The molecule has 1 aromatic carbocycles. The molecule has 0 heterocycles. The summed E-state index contributed by atoms with van der Waals surface area (Å²) in [4.78, 5) is 0. The molecule has 106 valence electrons. The van der Waals surface area contributed by atoms with Crippen molar-refractivity contribution in [3.8, 4) is 5.75 Å². The maximum atomic E-state index is 9.69. The van der Waals surface area contributed by atoms with Crippen molar-refractivity contribution in [2.45, 2.75) is 44.0 Å². The van der Waals surface area contributed by atoms with Crippen LogP contribution >= 0.6 is 43.6 Å². The Bertz CT molecular complexity index is 418. The molecule has 0 aliphatic heterocycles. The number of benzene rings is 1. The van der Waals surface area contributed by atoms with Crippen molar-refractivity contribution >= 4 is 43.6 Å². The van der Waals surface area contributed by atoms with Gasteiger partial charge in [0.2, 0.25) is 0 Å². The van der Waals surface area contributed by atoms with Gasteiger partial charge in [-0.25, -0.2) is 0 Å². The van der Waals surface area contributed by atoms with E-state index >= 15 is 0 Å². The number of phenolic OH excluding ortho intramolecular Hbond substituents is 1. The fourth-order valence-corrected chi connectivity index (χ4v) is 4.92. The minimum atomic E-state index is 0.268. The predicted octanol–water partition coefficient (Wildman–Crippen LogP) is 4.68. The normalized spacial score (nSPS) is 22.9. The molecule has 0 saturated heterocycles. The van der Waals surface area contributed by atoms with Crippen molar-refractivity contribution in [1.82, 2.24) is 5.32 Å². The van der Waals surface area contributed by atoms with Gasteiger partial charge in [0.25, 0.3) is 0 Å². The van der Waals surface area contributed by atoms with E-state index in [0.29, 0.717) is 6.04 Å². The molecule has 1 fully saturated rings. The van der Waals surface area contributed by atoms with E-state index in [1.54, 1.807) is 0 Å². The third-order valence-electron chi connectivity index (χ3n) is 3.46. The van der Waals surface area contributed by atoms with Gasteiger partial charge >= 0.3 is 0 Å². The van der Waals surface area contributed by atoms with Crippen molar-refractivity contribution in [2.75, 3.05) is 5.75 Å². The number of hydrogen-bond acceptors (Lipinski definition) is 3. The number of aromatic hydroxyl groups is 1. The number of halogens is 2. The molecule has 2 unspecified atom stereocenters. The minimum absolute atomic E-state index is 0.268. The van der Waals surface area contributed by atoms with E-state index in [-0.39, 0.29) is 5.75 Å². The molecule has 1 aliphatic carbocycles. The summed E-state index contributed by atoms with van der Waals surface area (Å²) in [6.45, 7) is 3.09. The summed E-state index contributed by atoms with van der Waals surface area (Å²) >= 11 is 8.82. The van der Waals surface area contributed by atoms with E-state index in [0.717, 1.165) is 20.7 Å². The molecule has 2 nitrogen and oxygen atoms in total. The van der Waals surface area contributed by atoms with Gasteiger partial charge in [-0.3, -0.25) is 0 Å². The van der Waals surface area contributed by atoms with Crippen LogP contribution in [0.15, 0.2) is 21.1 Å². The minimum Gasteiger partial charge on any atom is -0.506 e. The highest BCUT2D eigenvalue weighted by molar-refractivity contribution is 9.11. The van der Waals surface area contributed by atoms with Crippen molar-refractivity contribution in [3.05, 3.63) is 26.6 Å². The quantitative estimate of drug-likeness (QED) is 0.741. The van der Waals surface area contributed by atoms with Gasteiger partial charge in [0, 0.05) is 17.8 Å². The first kappa shape index (κ1) is 15.7. The fraction of sp³-hybridized carbons (Fsp3) is 0.571. The molecule has 1 aromatic rings. The predicted molar refractivity (Wildman–Crippen MR) is 89.9 cm³/mol. The van der Waals surface area contributed by atoms with Crippen molar-refractivity contribution in [3.63, 3.8) is 0 Å². The highest BCUT2D eigenvalue weighted by Gasteiger charge is 2.23. The smallest absolute Gasteiger partial charge is 0.143 e. The number of rotatable bonds is 5. The first-order valence-electron chi connectivity index (χ1n) is 6.62. The van der Waals surface area contributed by atoms with E-state index in [9.17, 15) is 5.11 Å². The van der Waals surface area contributed by atoms with Crippen molar-refractivity contribution < 1.29 is 5.11 Å². The Labute approximate surface area is 136 Å². The van der Waals surface area contributed by atoms with E-state index in [2.05, 4.69) is 55.9 Å². The molecule has 1 saturated carbocycles. The third-order valence-corrected chi connectivity index (χ3v) is 5.90. The van der Waals surface area contributed by atoms with Crippen LogP contribution in [0.25, 0.3) is 0 Å². The number of nitrogens with one attached hydrogen (secondary N) is 1. The van der Waals surface area contributed by atoms with Crippen LogP contribution in [-0.4, -0.2) is 22.2 Å². The summed E-state index contributed by atoms with van der Waals surface area (Å²) in [7, 11) is 0. The standard InChI is InChI=1S/C14H19Br2NOS/c1-2-19-11-4-3-10(7-11)17-8-9-5-12(15)14(18)13(16)6-9/h5-6,10-11,17-18H,2-4,7-8H2,1H3. The molecule has 2 rings (SSSR count). The fourth-order valence-electron chi connectivity index (χ4n) is 2.49. The molecule has 5 heteroatoms. The van der Waals surface area contributed by atoms with Crippen LogP contribution in [0.5, 0.6) is 5.75 Å². The Balaban J connectivity index is 1.86. The van der Waals surface area contributed by atoms with Gasteiger partial charge in [-0.1, -0.05) is 6.92 Å². The second-order valence-corrected chi connectivity index (χ2v) is 8.16. The first-order valence-corrected chi connectivity index (χ1v) is 9.25. The zero-order valence-corrected chi connectivity index (χ0v) is 14.9. The molecular formula is C14H19Br2NOS. The Morgan fingerprint density at radius 3 is 2.63 bits per heavy atom. The van der Waals surface area contributed by atoms with Crippen molar-refractivity contribution in [2.24, 2.45) is 0 Å². The molecular weight excluding hydrogens is 390 g/mol. The van der Waals surface area contributed by atoms with Gasteiger partial charge in [0.1, 0.15) is 5.75 Å². The van der Waals surface area contributed by atoms with Crippen LogP contribution in [0.3, 0.4) is 0 Å². The van der Waals surface area contributed by atoms with Gasteiger partial charge in [-0.05, 0) is 74.6 Å². The van der Waals surface area contributed by atoms with E-state index in [1.165, 1.54) is 30.6 Å². The van der Waals surface area contributed by atoms with Crippen LogP contribution in [0.4, 0.5) is 0 Å². The zero-order valence-electron chi connectivity index (χ0n) is 11.0. The van der Waals surface area contributed by atoms with Gasteiger partial charge < -0.3 is 10.4 Å². The average Bonchev–Trinajstić information content (AvgIpc) is 2.81. The van der Waals surface area contributed by atoms with E-state index in [4.69, 9.17) is 0 Å². The Morgan fingerprint density at radius 2 is 2.00 bits per heavy atom. The Morgan fingerprint density at radius 1 is 1.32 bits per heavy atom. The Kier molecular flexibility index (Phi) is 6.06. The molecule has 19 heavy (non-hydrogen) atoms. The summed E-state index contributed by atoms with van der Waals surface area (Å²) < 4.78 is 1.48. The van der Waals surface area contributed by atoms with Gasteiger partial charge in [-0.15, -0.1) is 0 Å². The first-order chi connectivity index (χ1) is 9.10. The molecule has 2 N–H and O–H groups in total. The van der Waals surface area contributed by atoms with Gasteiger partial charge in [0.15, 0.2) is 0 Å². The van der Waals surface area contributed by atoms with Crippen LogP contribution in [0.1, 0.15) is 31.7 Å². The summed E-state index contributed by atoms with van der Waals surface area (Å²) in [6.07, 6.45) is 3.89. The monoisotopic (exact) mass is 407 g/mol. The summed E-state index contributed by atoms with van der Waals surface area (Å²) in [6, 6.07) is 4.58. The molecule has 0 aromatic heterocycles. The molecule has 1 aliphatic rings. The maximum Gasteiger partial charge on any atom is 0.143 e.